The maximum atomic E-state index is 12.9. The van der Waals surface area contributed by atoms with Gasteiger partial charge in [-0.15, -0.1) is 0 Å². The van der Waals surface area contributed by atoms with Crippen LogP contribution in [0, 0.1) is 0 Å². The number of nitrogens with one attached hydrogen (secondary N) is 2. The largest absolute Gasteiger partial charge is 0.352 e. The summed E-state index contributed by atoms with van der Waals surface area (Å²) in [7, 11) is 0. The molecule has 1 aromatic rings. The minimum absolute atomic E-state index is 0.180. The highest BCUT2D eigenvalue weighted by molar-refractivity contribution is 6.09. The maximum Gasteiger partial charge on any atom is 0.325 e. The summed E-state index contributed by atoms with van der Waals surface area (Å²) in [5, 5.41) is 5.77. The molecule has 2 aliphatic carbocycles. The fraction of sp³-hybridized carbons (Fsp3) is 0.500. The first-order valence-electron chi connectivity index (χ1n) is 8.62. The number of hydrogen-bond acceptors (Lipinski definition) is 3. The molecule has 1 saturated heterocycles. The van der Waals surface area contributed by atoms with Crippen LogP contribution in [0.15, 0.2) is 24.3 Å². The number of carbonyl (C=O) groups is 3. The van der Waals surface area contributed by atoms with Gasteiger partial charge in [0.25, 0.3) is 5.91 Å². The SMILES string of the molecule is O=C(CN1C(=O)N[C@]2(CCc3ccccc32)C1=O)NC1CCCC1. The highest BCUT2D eigenvalue weighted by Gasteiger charge is 2.55. The van der Waals surface area contributed by atoms with E-state index in [-0.39, 0.29) is 24.4 Å². The van der Waals surface area contributed by atoms with E-state index in [9.17, 15) is 14.4 Å². The average molecular weight is 327 g/mol. The zero-order chi connectivity index (χ0) is 16.7. The molecule has 4 amide bonds. The van der Waals surface area contributed by atoms with Crippen LogP contribution in [0.2, 0.25) is 0 Å². The zero-order valence-corrected chi connectivity index (χ0v) is 13.5. The molecule has 0 radical (unpaired) electrons. The first kappa shape index (κ1) is 15.2. The molecule has 1 heterocycles. The van der Waals surface area contributed by atoms with Crippen LogP contribution in [0.3, 0.4) is 0 Å². The van der Waals surface area contributed by atoms with Crippen molar-refractivity contribution < 1.29 is 14.4 Å². The molecule has 2 fully saturated rings. The quantitative estimate of drug-likeness (QED) is 0.825. The zero-order valence-electron chi connectivity index (χ0n) is 13.5. The van der Waals surface area contributed by atoms with Crippen LogP contribution < -0.4 is 10.6 Å². The standard InChI is InChI=1S/C18H21N3O3/c22-15(19-13-6-2-3-7-13)11-21-16(23)18(20-17(21)24)10-9-12-5-1-4-8-14(12)18/h1,4-5,8,13H,2-3,6-7,9-11H2,(H,19,22)(H,20,24)/t18-/m0/s1. The molecular weight excluding hydrogens is 306 g/mol. The fourth-order valence-electron chi connectivity index (χ4n) is 4.22. The van der Waals surface area contributed by atoms with Crippen molar-refractivity contribution in [3.8, 4) is 0 Å². The summed E-state index contributed by atoms with van der Waals surface area (Å²) < 4.78 is 0. The molecule has 0 bridgehead atoms. The van der Waals surface area contributed by atoms with E-state index >= 15 is 0 Å². The number of aryl methyl sites for hydroxylation is 1. The van der Waals surface area contributed by atoms with Gasteiger partial charge in [0, 0.05) is 6.04 Å². The molecule has 1 saturated carbocycles. The lowest BCUT2D eigenvalue weighted by molar-refractivity contribution is -0.135. The molecule has 0 aromatic heterocycles. The third-order valence-corrected chi connectivity index (χ3v) is 5.44. The normalized spacial score (nSPS) is 26.1. The molecule has 1 spiro atoms. The first-order valence-corrected chi connectivity index (χ1v) is 8.62. The molecule has 1 atom stereocenters. The number of nitrogens with zero attached hydrogens (tertiary/aromatic N) is 1. The van der Waals surface area contributed by atoms with Gasteiger partial charge in [0.05, 0.1) is 0 Å². The van der Waals surface area contributed by atoms with Gasteiger partial charge in [0.15, 0.2) is 0 Å². The van der Waals surface area contributed by atoms with Gasteiger partial charge in [-0.05, 0) is 36.8 Å². The predicted octanol–water partition coefficient (Wildman–Crippen LogP) is 1.44. The highest BCUT2D eigenvalue weighted by Crippen LogP contribution is 2.41. The van der Waals surface area contributed by atoms with E-state index in [4.69, 9.17) is 0 Å². The van der Waals surface area contributed by atoms with Crippen molar-refractivity contribution in [3.63, 3.8) is 0 Å². The second-order valence-corrected chi connectivity index (χ2v) is 6.93. The Kier molecular flexibility index (Phi) is 3.55. The Bertz CT molecular complexity index is 711. The van der Waals surface area contributed by atoms with Gasteiger partial charge in [-0.2, -0.15) is 0 Å². The molecule has 6 heteroatoms. The van der Waals surface area contributed by atoms with Gasteiger partial charge in [0.2, 0.25) is 5.91 Å². The minimum Gasteiger partial charge on any atom is -0.352 e. The van der Waals surface area contributed by atoms with Crippen LogP contribution in [-0.2, 0) is 21.5 Å². The summed E-state index contributed by atoms with van der Waals surface area (Å²) in [5.41, 5.74) is 0.965. The molecule has 6 nitrogen and oxygen atoms in total. The third kappa shape index (κ3) is 2.28. The summed E-state index contributed by atoms with van der Waals surface area (Å²) in [6.45, 7) is -0.203. The summed E-state index contributed by atoms with van der Waals surface area (Å²) in [4.78, 5) is 38.6. The van der Waals surface area contributed by atoms with Gasteiger partial charge in [-0.25, -0.2) is 4.79 Å². The van der Waals surface area contributed by atoms with E-state index in [1.54, 1.807) is 0 Å². The molecule has 24 heavy (non-hydrogen) atoms. The second-order valence-electron chi connectivity index (χ2n) is 6.93. The monoisotopic (exact) mass is 327 g/mol. The Balaban J connectivity index is 1.51. The Morgan fingerprint density at radius 2 is 2.00 bits per heavy atom. The van der Waals surface area contributed by atoms with Crippen LogP contribution in [0.25, 0.3) is 0 Å². The van der Waals surface area contributed by atoms with Crippen molar-refractivity contribution in [1.29, 1.82) is 0 Å². The van der Waals surface area contributed by atoms with Crippen molar-refractivity contribution in [2.24, 2.45) is 0 Å². The highest BCUT2D eigenvalue weighted by atomic mass is 16.2. The summed E-state index contributed by atoms with van der Waals surface area (Å²) >= 11 is 0. The average Bonchev–Trinajstić information content (AvgIpc) is 3.25. The number of amides is 4. The Hall–Kier alpha value is -2.37. The number of benzene rings is 1. The predicted molar refractivity (Wildman–Crippen MR) is 87.1 cm³/mol. The Morgan fingerprint density at radius 1 is 1.25 bits per heavy atom. The number of carbonyl (C=O) groups excluding carboxylic acids is 3. The fourth-order valence-corrected chi connectivity index (χ4v) is 4.22. The molecule has 1 aliphatic heterocycles. The summed E-state index contributed by atoms with van der Waals surface area (Å²) in [6.07, 6.45) is 5.50. The van der Waals surface area contributed by atoms with E-state index in [1.165, 1.54) is 0 Å². The van der Waals surface area contributed by atoms with E-state index in [0.717, 1.165) is 48.1 Å². The topological polar surface area (TPSA) is 78.5 Å². The van der Waals surface area contributed by atoms with E-state index in [0.29, 0.717) is 6.42 Å². The number of rotatable bonds is 3. The number of urea groups is 1. The lowest BCUT2D eigenvalue weighted by atomic mass is 9.92. The molecule has 2 N–H and O–H groups in total. The number of fused-ring (bicyclic) bond motifs is 2. The minimum atomic E-state index is -0.985. The van der Waals surface area contributed by atoms with E-state index < -0.39 is 11.6 Å². The maximum absolute atomic E-state index is 12.9. The smallest absolute Gasteiger partial charge is 0.325 e. The van der Waals surface area contributed by atoms with Gasteiger partial charge in [-0.1, -0.05) is 37.1 Å². The molecular formula is C18H21N3O3. The van der Waals surface area contributed by atoms with Crippen LogP contribution in [0.5, 0.6) is 0 Å². The molecule has 0 unspecified atom stereocenters. The van der Waals surface area contributed by atoms with E-state index in [1.807, 2.05) is 24.3 Å². The third-order valence-electron chi connectivity index (χ3n) is 5.44. The Morgan fingerprint density at radius 3 is 2.79 bits per heavy atom. The molecule has 3 aliphatic rings. The van der Waals surface area contributed by atoms with Crippen molar-refractivity contribution >= 4 is 17.8 Å². The molecule has 1 aromatic carbocycles. The number of hydrogen-bond donors (Lipinski definition) is 2. The van der Waals surface area contributed by atoms with Crippen molar-refractivity contribution in [1.82, 2.24) is 15.5 Å². The van der Waals surface area contributed by atoms with Crippen LogP contribution in [0.1, 0.15) is 43.2 Å². The van der Waals surface area contributed by atoms with Crippen molar-refractivity contribution in [3.05, 3.63) is 35.4 Å². The lowest BCUT2D eigenvalue weighted by Crippen LogP contribution is -2.45. The van der Waals surface area contributed by atoms with Crippen LogP contribution >= 0.6 is 0 Å². The molecule has 4 rings (SSSR count). The van der Waals surface area contributed by atoms with Crippen molar-refractivity contribution in [2.45, 2.75) is 50.1 Å². The second kappa shape index (κ2) is 5.61. The lowest BCUT2D eigenvalue weighted by Gasteiger charge is -2.22. The Labute approximate surface area is 140 Å². The first-order chi connectivity index (χ1) is 11.6. The summed E-state index contributed by atoms with van der Waals surface area (Å²) in [5.74, 6) is -0.562. The van der Waals surface area contributed by atoms with Gasteiger partial charge in [0.1, 0.15) is 12.1 Å². The van der Waals surface area contributed by atoms with Crippen LogP contribution in [-0.4, -0.2) is 35.3 Å². The van der Waals surface area contributed by atoms with E-state index in [2.05, 4.69) is 10.6 Å². The summed E-state index contributed by atoms with van der Waals surface area (Å²) in [6, 6.07) is 7.40. The molecule has 126 valence electrons. The van der Waals surface area contributed by atoms with Gasteiger partial charge >= 0.3 is 6.03 Å². The number of imide groups is 1. The van der Waals surface area contributed by atoms with Gasteiger partial charge < -0.3 is 10.6 Å². The van der Waals surface area contributed by atoms with Crippen LogP contribution in [0.4, 0.5) is 4.79 Å². The van der Waals surface area contributed by atoms with Gasteiger partial charge in [-0.3, -0.25) is 14.5 Å². The van der Waals surface area contributed by atoms with Crippen molar-refractivity contribution in [2.75, 3.05) is 6.54 Å².